The Balaban J connectivity index is 2.25. The van der Waals surface area contributed by atoms with Gasteiger partial charge in [-0.1, -0.05) is 38.1 Å². The number of rotatable bonds is 6. The van der Waals surface area contributed by atoms with E-state index in [0.29, 0.717) is 11.3 Å². The van der Waals surface area contributed by atoms with Crippen LogP contribution in [0.3, 0.4) is 0 Å². The number of aromatic nitrogens is 1. The Kier molecular flexibility index (Phi) is 5.23. The first-order chi connectivity index (χ1) is 9.26. The molecular weight excluding hydrogens is 252 g/mol. The molecule has 3 heteroatoms. The molecule has 2 atom stereocenters. The van der Waals surface area contributed by atoms with Crippen LogP contribution in [-0.4, -0.2) is 23.0 Å². The van der Waals surface area contributed by atoms with Gasteiger partial charge in [-0.05, 0) is 24.4 Å². The molecule has 2 aromatic rings. The summed E-state index contributed by atoms with van der Waals surface area (Å²) in [4.78, 5) is 4.38. The van der Waals surface area contributed by atoms with Crippen LogP contribution in [0.2, 0.25) is 0 Å². The van der Waals surface area contributed by atoms with Gasteiger partial charge in [0.15, 0.2) is 0 Å². The van der Waals surface area contributed by atoms with Gasteiger partial charge in [-0.2, -0.15) is 11.8 Å². The molecule has 0 saturated carbocycles. The smallest absolute Gasteiger partial charge is 0.0431 e. The van der Waals surface area contributed by atoms with Gasteiger partial charge < -0.3 is 5.32 Å². The van der Waals surface area contributed by atoms with E-state index in [2.05, 4.69) is 48.4 Å². The lowest BCUT2D eigenvalue weighted by Gasteiger charge is -2.19. The molecule has 2 unspecified atom stereocenters. The summed E-state index contributed by atoms with van der Waals surface area (Å²) in [6.45, 7) is 4.53. The highest BCUT2D eigenvalue weighted by atomic mass is 32.2. The van der Waals surface area contributed by atoms with E-state index >= 15 is 0 Å². The van der Waals surface area contributed by atoms with Crippen molar-refractivity contribution in [3.63, 3.8) is 0 Å². The zero-order chi connectivity index (χ0) is 13.7. The fourth-order valence-corrected chi connectivity index (χ4v) is 3.23. The molecular formula is C16H22N2S. The third-order valence-corrected chi connectivity index (χ3v) is 4.97. The Bertz CT molecular complexity index is 522. The van der Waals surface area contributed by atoms with Crippen molar-refractivity contribution < 1.29 is 0 Å². The minimum Gasteiger partial charge on any atom is -0.312 e. The van der Waals surface area contributed by atoms with E-state index in [9.17, 15) is 0 Å². The van der Waals surface area contributed by atoms with Gasteiger partial charge in [-0.25, -0.2) is 0 Å². The zero-order valence-electron chi connectivity index (χ0n) is 11.9. The van der Waals surface area contributed by atoms with Gasteiger partial charge in [-0.3, -0.25) is 4.98 Å². The summed E-state index contributed by atoms with van der Waals surface area (Å²) >= 11 is 2.02. The number of hydrogen-bond acceptors (Lipinski definition) is 3. The van der Waals surface area contributed by atoms with Gasteiger partial charge in [0.1, 0.15) is 0 Å². The van der Waals surface area contributed by atoms with Crippen LogP contribution >= 0.6 is 11.8 Å². The second-order valence-corrected chi connectivity index (χ2v) is 6.31. The van der Waals surface area contributed by atoms with Gasteiger partial charge in [-0.15, -0.1) is 0 Å². The van der Waals surface area contributed by atoms with Crippen LogP contribution in [-0.2, 0) is 0 Å². The zero-order valence-corrected chi connectivity index (χ0v) is 12.7. The monoisotopic (exact) mass is 274 g/mol. The number of nitrogens with one attached hydrogen (secondary N) is 1. The molecule has 1 N–H and O–H groups in total. The highest BCUT2D eigenvalue weighted by Crippen LogP contribution is 2.27. The number of nitrogens with zero attached hydrogens (tertiary/aromatic N) is 1. The fraction of sp³-hybridized carbons (Fsp3) is 0.438. The normalized spacial score (nSPS) is 14.5. The Morgan fingerprint density at radius 1 is 1.26 bits per heavy atom. The molecule has 102 valence electrons. The van der Waals surface area contributed by atoms with Crippen LogP contribution in [0.15, 0.2) is 36.7 Å². The standard InChI is InChI=1S/C16H22N2S/c1-4-12(2)19-11-16(17-3)15-10-18-9-13-7-5-6-8-14(13)15/h5-10,12,16-17H,4,11H2,1-3H3. The molecule has 0 radical (unpaired) electrons. The van der Waals surface area contributed by atoms with Crippen molar-refractivity contribution in [1.29, 1.82) is 0 Å². The number of benzene rings is 1. The summed E-state index contributed by atoms with van der Waals surface area (Å²) in [7, 11) is 2.03. The summed E-state index contributed by atoms with van der Waals surface area (Å²) in [5, 5.41) is 6.66. The number of hydrogen-bond donors (Lipinski definition) is 1. The van der Waals surface area contributed by atoms with Gasteiger partial charge in [0, 0.05) is 34.8 Å². The van der Waals surface area contributed by atoms with Crippen LogP contribution in [0.25, 0.3) is 10.8 Å². The van der Waals surface area contributed by atoms with Gasteiger partial charge >= 0.3 is 0 Å². The van der Waals surface area contributed by atoms with E-state index in [1.165, 1.54) is 22.8 Å². The summed E-state index contributed by atoms with van der Waals surface area (Å²) in [5.41, 5.74) is 1.30. The number of thioether (sulfide) groups is 1. The third-order valence-electron chi connectivity index (χ3n) is 3.55. The molecule has 0 amide bonds. The minimum atomic E-state index is 0.359. The lowest BCUT2D eigenvalue weighted by Crippen LogP contribution is -2.20. The summed E-state index contributed by atoms with van der Waals surface area (Å²) in [6.07, 6.45) is 5.16. The van der Waals surface area contributed by atoms with Gasteiger partial charge in [0.2, 0.25) is 0 Å². The molecule has 0 spiro atoms. The summed E-state index contributed by atoms with van der Waals surface area (Å²) in [6, 6.07) is 8.83. The topological polar surface area (TPSA) is 24.9 Å². The van der Waals surface area contributed by atoms with E-state index in [1.54, 1.807) is 0 Å². The van der Waals surface area contributed by atoms with Crippen molar-refractivity contribution in [2.45, 2.75) is 31.6 Å². The molecule has 2 nitrogen and oxygen atoms in total. The SMILES string of the molecule is CCC(C)SCC(NC)c1cncc2ccccc12. The maximum absolute atomic E-state index is 4.38. The van der Waals surface area contributed by atoms with E-state index in [4.69, 9.17) is 0 Å². The molecule has 19 heavy (non-hydrogen) atoms. The fourth-order valence-electron chi connectivity index (χ4n) is 2.12. The van der Waals surface area contributed by atoms with Crippen LogP contribution in [0, 0.1) is 0 Å². The molecule has 0 saturated heterocycles. The average Bonchev–Trinajstić information content (AvgIpc) is 2.47. The second-order valence-electron chi connectivity index (χ2n) is 4.84. The van der Waals surface area contributed by atoms with Crippen molar-refractivity contribution in [2.24, 2.45) is 0 Å². The van der Waals surface area contributed by atoms with Crippen molar-refractivity contribution in [2.75, 3.05) is 12.8 Å². The lowest BCUT2D eigenvalue weighted by molar-refractivity contribution is 0.662. The summed E-state index contributed by atoms with van der Waals surface area (Å²) < 4.78 is 0. The predicted molar refractivity (Wildman–Crippen MR) is 85.8 cm³/mol. The first-order valence-corrected chi connectivity index (χ1v) is 7.92. The van der Waals surface area contributed by atoms with Crippen molar-refractivity contribution in [3.05, 3.63) is 42.2 Å². The van der Waals surface area contributed by atoms with Crippen LogP contribution in [0.1, 0.15) is 31.9 Å². The molecule has 0 bridgehead atoms. The highest BCUT2D eigenvalue weighted by Gasteiger charge is 2.14. The molecule has 1 aromatic heterocycles. The maximum atomic E-state index is 4.38. The third kappa shape index (κ3) is 3.48. The molecule has 0 aliphatic carbocycles. The number of fused-ring (bicyclic) bond motifs is 1. The maximum Gasteiger partial charge on any atom is 0.0431 e. The van der Waals surface area contributed by atoms with E-state index in [0.717, 1.165) is 5.75 Å². The quantitative estimate of drug-likeness (QED) is 0.861. The predicted octanol–water partition coefficient (Wildman–Crippen LogP) is 4.03. The van der Waals surface area contributed by atoms with Gasteiger partial charge in [0.25, 0.3) is 0 Å². The Hall–Kier alpha value is -1.06. The van der Waals surface area contributed by atoms with E-state index in [-0.39, 0.29) is 0 Å². The first kappa shape index (κ1) is 14.4. The van der Waals surface area contributed by atoms with Crippen molar-refractivity contribution in [3.8, 4) is 0 Å². The van der Waals surface area contributed by atoms with Crippen molar-refractivity contribution >= 4 is 22.5 Å². The lowest BCUT2D eigenvalue weighted by atomic mass is 10.0. The van der Waals surface area contributed by atoms with Crippen LogP contribution < -0.4 is 5.32 Å². The van der Waals surface area contributed by atoms with E-state index < -0.39 is 0 Å². The van der Waals surface area contributed by atoms with Crippen molar-refractivity contribution in [1.82, 2.24) is 10.3 Å². The molecule has 2 rings (SSSR count). The second kappa shape index (κ2) is 6.92. The first-order valence-electron chi connectivity index (χ1n) is 6.87. The Labute approximate surface area is 120 Å². The molecule has 0 aliphatic heterocycles. The molecule has 0 aliphatic rings. The molecule has 0 fully saturated rings. The summed E-state index contributed by atoms with van der Waals surface area (Å²) in [5.74, 6) is 1.08. The van der Waals surface area contributed by atoms with Gasteiger partial charge in [0.05, 0.1) is 0 Å². The van der Waals surface area contributed by atoms with Crippen LogP contribution in [0.4, 0.5) is 0 Å². The Morgan fingerprint density at radius 2 is 2.05 bits per heavy atom. The number of pyridine rings is 1. The minimum absolute atomic E-state index is 0.359. The molecule has 1 aromatic carbocycles. The highest BCUT2D eigenvalue weighted by molar-refractivity contribution is 7.99. The largest absolute Gasteiger partial charge is 0.312 e. The van der Waals surface area contributed by atoms with E-state index in [1.807, 2.05) is 31.2 Å². The average molecular weight is 274 g/mol. The Morgan fingerprint density at radius 3 is 2.79 bits per heavy atom. The molecule has 1 heterocycles. The van der Waals surface area contributed by atoms with Crippen LogP contribution in [0.5, 0.6) is 0 Å².